The van der Waals surface area contributed by atoms with E-state index in [2.05, 4.69) is 31.4 Å². The molecule has 0 radical (unpaired) electrons. The van der Waals surface area contributed by atoms with Crippen molar-refractivity contribution in [2.45, 2.75) is 45.6 Å². The normalized spacial score (nSPS) is 17.8. The van der Waals surface area contributed by atoms with Crippen LogP contribution in [0.25, 0.3) is 0 Å². The molecule has 1 rings (SSSR count). The largest absolute Gasteiger partial charge is 0.316 e. The average molecular weight is 184 g/mol. The third-order valence-electron chi connectivity index (χ3n) is 2.32. The van der Waals surface area contributed by atoms with Gasteiger partial charge in [-0.2, -0.15) is 0 Å². The van der Waals surface area contributed by atoms with E-state index in [-0.39, 0.29) is 5.54 Å². The molecule has 2 N–H and O–H groups in total. The first-order valence-electron chi connectivity index (χ1n) is 5.54. The van der Waals surface area contributed by atoms with Crippen LogP contribution < -0.4 is 10.6 Å². The van der Waals surface area contributed by atoms with E-state index in [0.717, 1.165) is 12.5 Å². The zero-order valence-electron chi connectivity index (χ0n) is 9.32. The highest BCUT2D eigenvalue weighted by Crippen LogP contribution is 2.27. The molecular formula is C11H24N2. The van der Waals surface area contributed by atoms with Crippen LogP contribution in [0.5, 0.6) is 0 Å². The summed E-state index contributed by atoms with van der Waals surface area (Å²) in [5.74, 6) is 1.01. The van der Waals surface area contributed by atoms with Crippen molar-refractivity contribution in [2.75, 3.05) is 19.6 Å². The predicted molar refractivity (Wildman–Crippen MR) is 58.0 cm³/mol. The number of hydrogen-bond acceptors (Lipinski definition) is 2. The third-order valence-corrected chi connectivity index (χ3v) is 2.32. The molecule has 0 heterocycles. The molecule has 1 fully saturated rings. The molecule has 2 nitrogen and oxygen atoms in total. The monoisotopic (exact) mass is 184 g/mol. The minimum atomic E-state index is 0.274. The summed E-state index contributed by atoms with van der Waals surface area (Å²) in [6.07, 6.45) is 4.14. The van der Waals surface area contributed by atoms with Crippen LogP contribution in [0.1, 0.15) is 40.0 Å². The van der Waals surface area contributed by atoms with Crippen LogP contribution >= 0.6 is 0 Å². The summed E-state index contributed by atoms with van der Waals surface area (Å²) in [4.78, 5) is 0. The Hall–Kier alpha value is -0.0800. The number of rotatable bonds is 6. The molecule has 0 aromatic carbocycles. The second-order valence-electron chi connectivity index (χ2n) is 5.18. The lowest BCUT2D eigenvalue weighted by molar-refractivity contribution is 0.418. The summed E-state index contributed by atoms with van der Waals surface area (Å²) in [5.41, 5.74) is 0.274. The maximum Gasteiger partial charge on any atom is 0.00965 e. The molecule has 0 atom stereocenters. The first kappa shape index (κ1) is 11.0. The van der Waals surface area contributed by atoms with E-state index in [1.807, 2.05) is 0 Å². The molecule has 0 bridgehead atoms. The second kappa shape index (κ2) is 4.97. The quantitative estimate of drug-likeness (QED) is 0.615. The Morgan fingerprint density at radius 2 is 1.85 bits per heavy atom. The van der Waals surface area contributed by atoms with Gasteiger partial charge in [0.1, 0.15) is 0 Å². The maximum atomic E-state index is 3.49. The lowest BCUT2D eigenvalue weighted by Gasteiger charge is -2.20. The summed E-state index contributed by atoms with van der Waals surface area (Å²) in [6.45, 7) is 10.2. The highest BCUT2D eigenvalue weighted by molar-refractivity contribution is 4.75. The standard InChI is InChI=1S/C11H24N2/c1-11(2,3)13-8-4-7-12-9-10-5-6-10/h10,12-13H,4-9H2,1-3H3. The highest BCUT2D eigenvalue weighted by Gasteiger charge is 2.19. The molecule has 78 valence electrons. The molecule has 1 saturated carbocycles. The summed E-state index contributed by atoms with van der Waals surface area (Å²) in [7, 11) is 0. The van der Waals surface area contributed by atoms with Crippen LogP contribution in [0.4, 0.5) is 0 Å². The summed E-state index contributed by atoms with van der Waals surface area (Å²) < 4.78 is 0. The van der Waals surface area contributed by atoms with Gasteiger partial charge >= 0.3 is 0 Å². The topological polar surface area (TPSA) is 24.1 Å². The Bertz CT molecular complexity index is 134. The van der Waals surface area contributed by atoms with Crippen molar-refractivity contribution in [3.8, 4) is 0 Å². The smallest absolute Gasteiger partial charge is 0.00965 e. The van der Waals surface area contributed by atoms with Gasteiger partial charge in [0.25, 0.3) is 0 Å². The molecule has 0 unspecified atom stereocenters. The number of nitrogens with one attached hydrogen (secondary N) is 2. The van der Waals surface area contributed by atoms with Gasteiger partial charge in [0.15, 0.2) is 0 Å². The van der Waals surface area contributed by atoms with Crippen molar-refractivity contribution in [2.24, 2.45) is 5.92 Å². The first-order valence-corrected chi connectivity index (χ1v) is 5.54. The van der Waals surface area contributed by atoms with Crippen LogP contribution in [0.3, 0.4) is 0 Å². The molecule has 0 saturated heterocycles. The van der Waals surface area contributed by atoms with Gasteiger partial charge in [-0.3, -0.25) is 0 Å². The van der Waals surface area contributed by atoms with Crippen molar-refractivity contribution >= 4 is 0 Å². The van der Waals surface area contributed by atoms with E-state index in [1.165, 1.54) is 32.4 Å². The molecular weight excluding hydrogens is 160 g/mol. The van der Waals surface area contributed by atoms with Gasteiger partial charge in [0.05, 0.1) is 0 Å². The van der Waals surface area contributed by atoms with Crippen LogP contribution in [-0.4, -0.2) is 25.2 Å². The minimum Gasteiger partial charge on any atom is -0.316 e. The lowest BCUT2D eigenvalue weighted by Crippen LogP contribution is -2.37. The first-order chi connectivity index (χ1) is 6.08. The predicted octanol–water partition coefficient (Wildman–Crippen LogP) is 1.76. The van der Waals surface area contributed by atoms with Crippen LogP contribution in [0, 0.1) is 5.92 Å². The average Bonchev–Trinajstić information content (AvgIpc) is 2.77. The Morgan fingerprint density at radius 3 is 2.38 bits per heavy atom. The zero-order chi connectivity index (χ0) is 9.73. The van der Waals surface area contributed by atoms with Crippen molar-refractivity contribution < 1.29 is 0 Å². The van der Waals surface area contributed by atoms with Gasteiger partial charge in [-0.05, 0) is 65.6 Å². The number of hydrogen-bond donors (Lipinski definition) is 2. The zero-order valence-corrected chi connectivity index (χ0v) is 9.32. The van der Waals surface area contributed by atoms with Gasteiger partial charge in [-0.15, -0.1) is 0 Å². The Kier molecular flexibility index (Phi) is 4.20. The van der Waals surface area contributed by atoms with E-state index in [9.17, 15) is 0 Å². The minimum absolute atomic E-state index is 0.274. The summed E-state index contributed by atoms with van der Waals surface area (Å²) >= 11 is 0. The molecule has 0 aromatic rings. The van der Waals surface area contributed by atoms with Gasteiger partial charge < -0.3 is 10.6 Å². The van der Waals surface area contributed by atoms with Crippen molar-refractivity contribution in [3.63, 3.8) is 0 Å². The molecule has 13 heavy (non-hydrogen) atoms. The van der Waals surface area contributed by atoms with Crippen LogP contribution in [-0.2, 0) is 0 Å². The van der Waals surface area contributed by atoms with E-state index in [1.54, 1.807) is 0 Å². The molecule has 2 heteroatoms. The van der Waals surface area contributed by atoms with Crippen LogP contribution in [0.2, 0.25) is 0 Å². The highest BCUT2D eigenvalue weighted by atomic mass is 14.9. The third kappa shape index (κ3) is 7.03. The van der Waals surface area contributed by atoms with E-state index in [0.29, 0.717) is 0 Å². The molecule has 0 aromatic heterocycles. The van der Waals surface area contributed by atoms with E-state index in [4.69, 9.17) is 0 Å². The fraction of sp³-hybridized carbons (Fsp3) is 1.00. The van der Waals surface area contributed by atoms with Gasteiger partial charge in [-0.25, -0.2) is 0 Å². The Balaban J connectivity index is 1.78. The van der Waals surface area contributed by atoms with Crippen molar-refractivity contribution in [1.29, 1.82) is 0 Å². The van der Waals surface area contributed by atoms with Crippen molar-refractivity contribution in [3.05, 3.63) is 0 Å². The summed E-state index contributed by atoms with van der Waals surface area (Å²) in [6, 6.07) is 0. The Labute approximate surface area is 82.5 Å². The van der Waals surface area contributed by atoms with E-state index < -0.39 is 0 Å². The lowest BCUT2D eigenvalue weighted by atomic mass is 10.1. The molecule has 0 amide bonds. The SMILES string of the molecule is CC(C)(C)NCCCNCC1CC1. The van der Waals surface area contributed by atoms with Gasteiger partial charge in [0.2, 0.25) is 0 Å². The fourth-order valence-corrected chi connectivity index (χ4v) is 1.30. The van der Waals surface area contributed by atoms with Crippen LogP contribution in [0.15, 0.2) is 0 Å². The van der Waals surface area contributed by atoms with E-state index >= 15 is 0 Å². The van der Waals surface area contributed by atoms with Gasteiger partial charge in [-0.1, -0.05) is 0 Å². The van der Waals surface area contributed by atoms with Crippen molar-refractivity contribution in [1.82, 2.24) is 10.6 Å². The molecule has 1 aliphatic carbocycles. The maximum absolute atomic E-state index is 3.49. The Morgan fingerprint density at radius 1 is 1.15 bits per heavy atom. The van der Waals surface area contributed by atoms with Gasteiger partial charge in [0, 0.05) is 5.54 Å². The second-order valence-corrected chi connectivity index (χ2v) is 5.18. The summed E-state index contributed by atoms with van der Waals surface area (Å²) in [5, 5.41) is 6.98. The molecule has 1 aliphatic rings. The molecule has 0 spiro atoms. The molecule has 0 aliphatic heterocycles. The fourth-order valence-electron chi connectivity index (χ4n) is 1.30.